The van der Waals surface area contributed by atoms with Gasteiger partial charge in [-0.2, -0.15) is 0 Å². The van der Waals surface area contributed by atoms with E-state index < -0.39 is 6.10 Å². The summed E-state index contributed by atoms with van der Waals surface area (Å²) in [7, 11) is 0. The number of benzene rings is 3. The largest absolute Gasteiger partial charge is 0.504 e. The summed E-state index contributed by atoms with van der Waals surface area (Å²) in [6.45, 7) is 5.50. The van der Waals surface area contributed by atoms with Crippen molar-refractivity contribution in [3.05, 3.63) is 66.2 Å². The average Bonchev–Trinajstić information content (AvgIpc) is 2.74. The number of phenols is 2. The lowest BCUT2D eigenvalue weighted by atomic mass is 10.1. The topological polar surface area (TPSA) is 108 Å². The predicted molar refractivity (Wildman–Crippen MR) is 121 cm³/mol. The Morgan fingerprint density at radius 3 is 2.40 bits per heavy atom. The van der Waals surface area contributed by atoms with Gasteiger partial charge >= 0.3 is 0 Å². The number of ether oxygens (including phenoxy) is 1. The van der Waals surface area contributed by atoms with Gasteiger partial charge in [0.2, 0.25) is 0 Å². The fraction of sp³-hybridized carbons (Fsp3) is 0.333. The molecule has 0 aliphatic heterocycles. The lowest BCUT2D eigenvalue weighted by molar-refractivity contribution is 0.105. The zero-order valence-electron chi connectivity index (χ0n) is 17.6. The second-order valence-corrected chi connectivity index (χ2v) is 7.37. The highest BCUT2D eigenvalue weighted by molar-refractivity contribution is 5.88. The number of hydrogen-bond acceptors (Lipinski definition) is 6. The summed E-state index contributed by atoms with van der Waals surface area (Å²) in [6.07, 6.45) is 0.217. The highest BCUT2D eigenvalue weighted by atomic mass is 16.5. The van der Waals surface area contributed by atoms with Crippen molar-refractivity contribution in [1.29, 1.82) is 0 Å². The van der Waals surface area contributed by atoms with Gasteiger partial charge in [0.05, 0.1) is 0 Å². The van der Waals surface area contributed by atoms with E-state index in [1.54, 1.807) is 6.07 Å². The molecule has 1 unspecified atom stereocenters. The number of aliphatic hydroxyl groups excluding tert-OH is 1. The molecule has 0 fully saturated rings. The molecule has 0 aliphatic rings. The van der Waals surface area contributed by atoms with E-state index in [1.165, 1.54) is 12.1 Å². The zero-order chi connectivity index (χ0) is 21.9. The fourth-order valence-electron chi connectivity index (χ4n) is 2.83. The van der Waals surface area contributed by atoms with E-state index in [9.17, 15) is 5.11 Å². The van der Waals surface area contributed by atoms with Crippen LogP contribution in [0.5, 0.6) is 17.2 Å². The Labute approximate surface area is 177 Å². The third-order valence-electron chi connectivity index (χ3n) is 4.42. The van der Waals surface area contributed by atoms with Crippen LogP contribution in [0, 0.1) is 0 Å². The van der Waals surface area contributed by atoms with E-state index >= 15 is 0 Å². The van der Waals surface area contributed by atoms with Crippen molar-refractivity contribution in [3.63, 3.8) is 0 Å². The minimum Gasteiger partial charge on any atom is -0.504 e. The zero-order valence-corrected chi connectivity index (χ0v) is 17.6. The highest BCUT2D eigenvalue weighted by Gasteiger charge is 2.07. The van der Waals surface area contributed by atoms with Crippen LogP contribution in [0.1, 0.15) is 19.4 Å². The molecule has 6 N–H and O–H groups in total. The number of nitrogens with two attached hydrogens (primary N) is 1. The summed E-state index contributed by atoms with van der Waals surface area (Å²) < 4.78 is 5.72. The van der Waals surface area contributed by atoms with Crippen molar-refractivity contribution in [2.24, 2.45) is 5.73 Å². The molecule has 30 heavy (non-hydrogen) atoms. The molecule has 6 heteroatoms. The van der Waals surface area contributed by atoms with Crippen LogP contribution < -0.4 is 15.8 Å². The summed E-state index contributed by atoms with van der Waals surface area (Å²) in [5.74, 6) is 0.642. The fourth-order valence-corrected chi connectivity index (χ4v) is 2.83. The summed E-state index contributed by atoms with van der Waals surface area (Å²) in [5.41, 5.74) is 6.24. The Kier molecular flexibility index (Phi) is 9.41. The maximum Gasteiger partial charge on any atom is 0.157 e. The quantitative estimate of drug-likeness (QED) is 0.364. The van der Waals surface area contributed by atoms with Crippen molar-refractivity contribution in [2.45, 2.75) is 32.4 Å². The number of hydrogen-bond donors (Lipinski definition) is 5. The van der Waals surface area contributed by atoms with E-state index in [4.69, 9.17) is 20.7 Å². The molecule has 3 rings (SSSR count). The Bertz CT molecular complexity index is 909. The van der Waals surface area contributed by atoms with Gasteiger partial charge in [-0.25, -0.2) is 0 Å². The second kappa shape index (κ2) is 12.0. The van der Waals surface area contributed by atoms with Crippen LogP contribution in [0.2, 0.25) is 0 Å². The Morgan fingerprint density at radius 2 is 1.70 bits per heavy atom. The SMILES string of the molecule is CC(C)NCC(O)COc1cccc2ccccc12.NCCc1ccc(O)c(O)c1. The molecular formula is C24H32N2O4. The third-order valence-corrected chi connectivity index (χ3v) is 4.42. The van der Waals surface area contributed by atoms with Crippen molar-refractivity contribution >= 4 is 10.8 Å². The minimum absolute atomic E-state index is 0.0871. The molecule has 0 aliphatic carbocycles. The molecule has 0 aromatic heterocycles. The first kappa shape index (κ1) is 23.5. The molecule has 3 aromatic carbocycles. The molecule has 1 atom stereocenters. The molecule has 0 spiro atoms. The highest BCUT2D eigenvalue weighted by Crippen LogP contribution is 2.25. The molecule has 0 bridgehead atoms. The van der Waals surface area contributed by atoms with Gasteiger partial charge in [0, 0.05) is 18.0 Å². The van der Waals surface area contributed by atoms with Crippen molar-refractivity contribution < 1.29 is 20.1 Å². The summed E-state index contributed by atoms with van der Waals surface area (Å²) in [5, 5.41) is 33.2. The van der Waals surface area contributed by atoms with Gasteiger partial charge in [-0.3, -0.25) is 0 Å². The van der Waals surface area contributed by atoms with E-state index in [0.29, 0.717) is 32.2 Å². The molecule has 0 amide bonds. The summed E-state index contributed by atoms with van der Waals surface area (Å²) in [6, 6.07) is 19.1. The summed E-state index contributed by atoms with van der Waals surface area (Å²) >= 11 is 0. The van der Waals surface area contributed by atoms with Crippen LogP contribution in [0.4, 0.5) is 0 Å². The van der Waals surface area contributed by atoms with Gasteiger partial charge in [0.25, 0.3) is 0 Å². The second-order valence-electron chi connectivity index (χ2n) is 7.37. The Balaban J connectivity index is 0.000000248. The van der Waals surface area contributed by atoms with Crippen molar-refractivity contribution in [1.82, 2.24) is 5.32 Å². The molecule has 0 heterocycles. The predicted octanol–water partition coefficient (Wildman–Crippen LogP) is 3.18. The molecule has 6 nitrogen and oxygen atoms in total. The maximum absolute atomic E-state index is 9.84. The van der Waals surface area contributed by atoms with E-state index in [1.807, 2.05) is 30.3 Å². The first-order valence-corrected chi connectivity index (χ1v) is 10.1. The van der Waals surface area contributed by atoms with Gasteiger partial charge in [0.1, 0.15) is 18.5 Å². The normalized spacial score (nSPS) is 11.8. The maximum atomic E-state index is 9.84. The van der Waals surface area contributed by atoms with Crippen molar-refractivity contribution in [2.75, 3.05) is 19.7 Å². The number of fused-ring (bicyclic) bond motifs is 1. The number of aromatic hydroxyl groups is 2. The van der Waals surface area contributed by atoms with Crippen LogP contribution in [0.3, 0.4) is 0 Å². The minimum atomic E-state index is -0.499. The first-order chi connectivity index (χ1) is 14.4. The van der Waals surface area contributed by atoms with Gasteiger partial charge in [-0.1, -0.05) is 56.3 Å². The van der Waals surface area contributed by atoms with Crippen LogP contribution in [-0.4, -0.2) is 47.2 Å². The van der Waals surface area contributed by atoms with E-state index in [2.05, 4.69) is 31.3 Å². The molecular weight excluding hydrogens is 380 g/mol. The standard InChI is InChI=1S/C16H21NO2.C8H11NO2/c1-12(2)17-10-14(18)11-19-16-9-5-7-13-6-3-4-8-15(13)16;9-4-3-6-1-2-7(10)8(11)5-6/h3-9,12,14,17-18H,10-11H2,1-2H3;1-2,5,10-11H,3-4,9H2. The van der Waals surface area contributed by atoms with E-state index in [-0.39, 0.29) is 11.5 Å². The van der Waals surface area contributed by atoms with E-state index in [0.717, 1.165) is 22.1 Å². The number of rotatable bonds is 8. The number of phenolic OH excluding ortho intramolecular Hbond substituents is 2. The monoisotopic (exact) mass is 412 g/mol. The van der Waals surface area contributed by atoms with Crippen LogP contribution in [-0.2, 0) is 6.42 Å². The van der Waals surface area contributed by atoms with Gasteiger partial charge in [0.15, 0.2) is 11.5 Å². The van der Waals surface area contributed by atoms with Gasteiger partial charge in [-0.15, -0.1) is 0 Å². The van der Waals surface area contributed by atoms with Gasteiger partial charge in [-0.05, 0) is 42.1 Å². The lowest BCUT2D eigenvalue weighted by Gasteiger charge is -2.15. The molecule has 162 valence electrons. The molecule has 0 saturated carbocycles. The number of aliphatic hydroxyl groups is 1. The number of nitrogens with one attached hydrogen (secondary N) is 1. The van der Waals surface area contributed by atoms with Crippen LogP contribution in [0.25, 0.3) is 10.8 Å². The molecule has 3 aromatic rings. The molecule has 0 saturated heterocycles. The average molecular weight is 413 g/mol. The first-order valence-electron chi connectivity index (χ1n) is 10.1. The Morgan fingerprint density at radius 1 is 0.967 bits per heavy atom. The van der Waals surface area contributed by atoms with Gasteiger partial charge < -0.3 is 31.1 Å². The third kappa shape index (κ3) is 7.55. The van der Waals surface area contributed by atoms with Crippen LogP contribution in [0.15, 0.2) is 60.7 Å². The van der Waals surface area contributed by atoms with Crippen molar-refractivity contribution in [3.8, 4) is 17.2 Å². The molecule has 0 radical (unpaired) electrons. The van der Waals surface area contributed by atoms with Crippen LogP contribution >= 0.6 is 0 Å². The Hall–Kier alpha value is -2.80. The summed E-state index contributed by atoms with van der Waals surface area (Å²) in [4.78, 5) is 0. The smallest absolute Gasteiger partial charge is 0.157 e. The lowest BCUT2D eigenvalue weighted by Crippen LogP contribution is -2.35.